The van der Waals surface area contributed by atoms with Crippen LogP contribution < -0.4 is 11.1 Å². The number of anilines is 2. The number of nitrogens with zero attached hydrogens (tertiary/aromatic N) is 2. The van der Waals surface area contributed by atoms with Crippen molar-refractivity contribution < 1.29 is 4.79 Å². The molecule has 2 heterocycles. The van der Waals surface area contributed by atoms with E-state index in [2.05, 4.69) is 15.3 Å². The second-order valence-electron chi connectivity index (χ2n) is 3.93. The number of carbonyl (C=O) groups excluding carboxylic acids is 1. The van der Waals surface area contributed by atoms with Gasteiger partial charge in [-0.25, -0.2) is 9.97 Å². The average Bonchev–Trinajstić information content (AvgIpc) is 2.68. The lowest BCUT2D eigenvalue weighted by Gasteiger charge is -2.03. The quantitative estimate of drug-likeness (QED) is 0.853. The first-order chi connectivity index (χ1) is 8.99. The number of thiazole rings is 1. The number of pyridine rings is 1. The van der Waals surface area contributed by atoms with E-state index in [1.54, 1.807) is 0 Å². The summed E-state index contributed by atoms with van der Waals surface area (Å²) < 4.78 is 0. The maximum atomic E-state index is 12.0. The molecule has 5 nitrogen and oxygen atoms in total. The van der Waals surface area contributed by atoms with E-state index in [4.69, 9.17) is 17.3 Å². The first kappa shape index (κ1) is 13.8. The highest BCUT2D eigenvalue weighted by Gasteiger charge is 2.12. The maximum absolute atomic E-state index is 12.0. The predicted molar refractivity (Wildman–Crippen MR) is 77.8 cm³/mol. The molecule has 0 unspecified atom stereocenters. The number of halogens is 1. The van der Waals surface area contributed by atoms with Crippen LogP contribution in [0.1, 0.15) is 27.9 Å². The van der Waals surface area contributed by atoms with Crippen molar-refractivity contribution in [2.24, 2.45) is 0 Å². The molecular formula is C12H13ClN4OS. The lowest BCUT2D eigenvalue weighted by Crippen LogP contribution is -2.12. The van der Waals surface area contributed by atoms with Crippen LogP contribution in [0.25, 0.3) is 0 Å². The zero-order valence-corrected chi connectivity index (χ0v) is 12.1. The zero-order chi connectivity index (χ0) is 14.0. The molecule has 2 aromatic rings. The third-order valence-corrected chi connectivity index (χ3v) is 3.65. The Hall–Kier alpha value is -1.66. The van der Waals surface area contributed by atoms with Crippen LogP contribution in [0, 0.1) is 6.92 Å². The Morgan fingerprint density at radius 1 is 1.47 bits per heavy atom. The molecule has 0 saturated carbocycles. The highest BCUT2D eigenvalue weighted by atomic mass is 35.5. The molecule has 0 aliphatic rings. The monoisotopic (exact) mass is 296 g/mol. The molecule has 0 spiro atoms. The summed E-state index contributed by atoms with van der Waals surface area (Å²) in [6, 6.07) is 2.94. The molecule has 0 aromatic carbocycles. The van der Waals surface area contributed by atoms with Crippen LogP contribution in [0.2, 0.25) is 5.15 Å². The van der Waals surface area contributed by atoms with Gasteiger partial charge in [-0.3, -0.25) is 10.1 Å². The number of nitrogens with one attached hydrogen (secondary N) is 1. The number of nitrogen functional groups attached to an aromatic ring is 1. The lowest BCUT2D eigenvalue weighted by molar-refractivity contribution is 0.102. The van der Waals surface area contributed by atoms with Crippen LogP contribution in [0.3, 0.4) is 0 Å². The highest BCUT2D eigenvalue weighted by molar-refractivity contribution is 7.15. The summed E-state index contributed by atoms with van der Waals surface area (Å²) in [7, 11) is 0. The molecule has 3 N–H and O–H groups in total. The SMILES string of the molecule is CCc1nc(NC(=O)c2cc(N)nc(Cl)c2)sc1C. The van der Waals surface area contributed by atoms with Gasteiger partial charge in [-0.15, -0.1) is 11.3 Å². The molecule has 0 aliphatic carbocycles. The molecule has 1 amide bonds. The molecule has 2 rings (SSSR count). The fourth-order valence-electron chi connectivity index (χ4n) is 1.63. The van der Waals surface area contributed by atoms with Crippen LogP contribution >= 0.6 is 22.9 Å². The third kappa shape index (κ3) is 3.21. The number of nitrogens with two attached hydrogens (primary N) is 1. The van der Waals surface area contributed by atoms with Crippen LogP contribution in [0.4, 0.5) is 10.9 Å². The van der Waals surface area contributed by atoms with Gasteiger partial charge in [0.15, 0.2) is 5.13 Å². The second kappa shape index (κ2) is 5.54. The Morgan fingerprint density at radius 2 is 2.21 bits per heavy atom. The van der Waals surface area contributed by atoms with E-state index in [1.165, 1.54) is 23.5 Å². The van der Waals surface area contributed by atoms with Crippen molar-refractivity contribution in [2.45, 2.75) is 20.3 Å². The second-order valence-corrected chi connectivity index (χ2v) is 5.52. The fourth-order valence-corrected chi connectivity index (χ4v) is 2.74. The summed E-state index contributed by atoms with van der Waals surface area (Å²) in [6.45, 7) is 4.00. The number of amides is 1. The van der Waals surface area contributed by atoms with Crippen molar-refractivity contribution in [2.75, 3.05) is 11.1 Å². The van der Waals surface area contributed by atoms with Gasteiger partial charge >= 0.3 is 0 Å². The van der Waals surface area contributed by atoms with Gasteiger partial charge in [0.25, 0.3) is 5.91 Å². The first-order valence-electron chi connectivity index (χ1n) is 5.70. The Labute approximate surface area is 119 Å². The lowest BCUT2D eigenvalue weighted by atomic mass is 10.2. The number of hydrogen-bond donors (Lipinski definition) is 2. The van der Waals surface area contributed by atoms with Crippen LogP contribution in [-0.4, -0.2) is 15.9 Å². The molecular weight excluding hydrogens is 284 g/mol. The number of hydrogen-bond acceptors (Lipinski definition) is 5. The van der Waals surface area contributed by atoms with E-state index >= 15 is 0 Å². The Bertz CT molecular complexity index is 606. The summed E-state index contributed by atoms with van der Waals surface area (Å²) in [5, 5.41) is 3.50. The summed E-state index contributed by atoms with van der Waals surface area (Å²) in [4.78, 5) is 21.3. The molecule has 0 atom stereocenters. The topological polar surface area (TPSA) is 80.9 Å². The fraction of sp³-hybridized carbons (Fsp3) is 0.250. The molecule has 19 heavy (non-hydrogen) atoms. The maximum Gasteiger partial charge on any atom is 0.257 e. The smallest absolute Gasteiger partial charge is 0.257 e. The third-order valence-electron chi connectivity index (χ3n) is 2.52. The minimum absolute atomic E-state index is 0.190. The Balaban J connectivity index is 2.20. The molecule has 0 fully saturated rings. The summed E-state index contributed by atoms with van der Waals surface area (Å²) >= 11 is 7.21. The number of aryl methyl sites for hydroxylation is 2. The molecule has 0 radical (unpaired) electrons. The van der Waals surface area contributed by atoms with Crippen molar-refractivity contribution in [1.29, 1.82) is 0 Å². The zero-order valence-electron chi connectivity index (χ0n) is 10.5. The molecule has 0 saturated heterocycles. The summed E-state index contributed by atoms with van der Waals surface area (Å²) in [5.41, 5.74) is 6.91. The molecule has 7 heteroatoms. The molecule has 2 aromatic heterocycles. The normalized spacial score (nSPS) is 10.5. The van der Waals surface area contributed by atoms with Gasteiger partial charge in [0, 0.05) is 10.4 Å². The van der Waals surface area contributed by atoms with E-state index in [1.807, 2.05) is 13.8 Å². The van der Waals surface area contributed by atoms with Crippen LogP contribution in [-0.2, 0) is 6.42 Å². The number of aromatic nitrogens is 2. The van der Waals surface area contributed by atoms with Crippen molar-refractivity contribution >= 4 is 39.8 Å². The predicted octanol–water partition coefficient (Wildman–Crippen LogP) is 2.90. The van der Waals surface area contributed by atoms with Gasteiger partial charge in [-0.2, -0.15) is 0 Å². The molecule has 0 bridgehead atoms. The van der Waals surface area contributed by atoms with Crippen molar-refractivity contribution in [3.63, 3.8) is 0 Å². The average molecular weight is 297 g/mol. The van der Waals surface area contributed by atoms with Crippen molar-refractivity contribution in [1.82, 2.24) is 9.97 Å². The van der Waals surface area contributed by atoms with E-state index in [-0.39, 0.29) is 16.9 Å². The van der Waals surface area contributed by atoms with Crippen LogP contribution in [0.5, 0.6) is 0 Å². The van der Waals surface area contributed by atoms with Gasteiger partial charge in [0.05, 0.1) is 5.69 Å². The highest BCUT2D eigenvalue weighted by Crippen LogP contribution is 2.23. The summed E-state index contributed by atoms with van der Waals surface area (Å²) in [6.07, 6.45) is 0.840. The molecule has 0 aliphatic heterocycles. The standard InChI is InChI=1S/C12H13ClN4OS/c1-3-8-6(2)19-12(15-8)17-11(18)7-4-9(13)16-10(14)5-7/h4-5H,3H2,1-2H3,(H2,14,16)(H,15,17,18). The van der Waals surface area contributed by atoms with E-state index in [9.17, 15) is 4.79 Å². The van der Waals surface area contributed by atoms with Crippen LogP contribution in [0.15, 0.2) is 12.1 Å². The number of rotatable bonds is 3. The van der Waals surface area contributed by atoms with E-state index in [0.29, 0.717) is 10.7 Å². The largest absolute Gasteiger partial charge is 0.384 e. The Morgan fingerprint density at radius 3 is 2.79 bits per heavy atom. The van der Waals surface area contributed by atoms with E-state index in [0.717, 1.165) is 17.0 Å². The van der Waals surface area contributed by atoms with Gasteiger partial charge in [-0.05, 0) is 25.5 Å². The van der Waals surface area contributed by atoms with Gasteiger partial charge < -0.3 is 5.73 Å². The first-order valence-corrected chi connectivity index (χ1v) is 6.89. The summed E-state index contributed by atoms with van der Waals surface area (Å²) in [5.74, 6) is -0.0883. The van der Waals surface area contributed by atoms with E-state index < -0.39 is 0 Å². The number of carbonyl (C=O) groups is 1. The van der Waals surface area contributed by atoms with Gasteiger partial charge in [0.2, 0.25) is 0 Å². The van der Waals surface area contributed by atoms with Gasteiger partial charge in [-0.1, -0.05) is 18.5 Å². The van der Waals surface area contributed by atoms with Crippen molar-refractivity contribution in [3.05, 3.63) is 33.4 Å². The van der Waals surface area contributed by atoms with Gasteiger partial charge in [0.1, 0.15) is 11.0 Å². The minimum atomic E-state index is -0.299. The Kier molecular flexibility index (Phi) is 4.01. The van der Waals surface area contributed by atoms with Crippen molar-refractivity contribution in [3.8, 4) is 0 Å². The minimum Gasteiger partial charge on any atom is -0.384 e. The molecule has 100 valence electrons.